The maximum absolute atomic E-state index is 6.25. The van der Waals surface area contributed by atoms with Crippen LogP contribution in [-0.4, -0.2) is 12.4 Å². The molecule has 2 nitrogen and oxygen atoms in total. The van der Waals surface area contributed by atoms with Gasteiger partial charge in [0.25, 0.3) is 0 Å². The zero-order valence-corrected chi connectivity index (χ0v) is 17.6. The van der Waals surface area contributed by atoms with E-state index in [1.807, 2.05) is 72.8 Å². The number of hydrogen-bond acceptors (Lipinski definition) is 2. The molecule has 0 aliphatic rings. The molecule has 0 aliphatic carbocycles. The van der Waals surface area contributed by atoms with Crippen LogP contribution in [0.3, 0.4) is 0 Å². The molecule has 0 heterocycles. The van der Waals surface area contributed by atoms with Gasteiger partial charge in [-0.05, 0) is 41.5 Å². The molecule has 0 spiro atoms. The van der Waals surface area contributed by atoms with Crippen LogP contribution in [0.25, 0.3) is 12.2 Å². The fourth-order valence-corrected chi connectivity index (χ4v) is 2.96. The van der Waals surface area contributed by atoms with Crippen molar-refractivity contribution in [2.75, 3.05) is 0 Å². The predicted molar refractivity (Wildman–Crippen MR) is 128 cm³/mol. The van der Waals surface area contributed by atoms with Crippen LogP contribution < -0.4 is 0 Å². The highest BCUT2D eigenvalue weighted by atomic mass is 35.5. The molecule has 5 heteroatoms. The molecule has 0 amide bonds. The van der Waals surface area contributed by atoms with Crippen LogP contribution in [0.4, 0.5) is 11.4 Å². The van der Waals surface area contributed by atoms with Gasteiger partial charge in [0.15, 0.2) is 0 Å². The number of allylic oxidation sites excluding steroid dienone is 2. The second-order valence-electron chi connectivity index (χ2n) is 6.03. The number of benzene rings is 3. The monoisotopic (exact) mass is 438 g/mol. The Balaban J connectivity index is 1.74. The molecule has 0 radical (unpaired) electrons. The van der Waals surface area contributed by atoms with Crippen molar-refractivity contribution in [1.29, 1.82) is 0 Å². The van der Waals surface area contributed by atoms with Crippen LogP contribution in [-0.2, 0) is 0 Å². The van der Waals surface area contributed by atoms with Crippen molar-refractivity contribution in [3.05, 3.63) is 105 Å². The van der Waals surface area contributed by atoms with E-state index in [0.717, 1.165) is 11.1 Å². The lowest BCUT2D eigenvalue weighted by molar-refractivity contribution is 1.48. The highest BCUT2D eigenvalue weighted by Gasteiger charge is 2.00. The number of nitrogens with zero attached hydrogens (tertiary/aromatic N) is 2. The third-order valence-corrected chi connectivity index (χ3v) is 4.53. The molecule has 3 rings (SSSR count). The minimum absolute atomic E-state index is 0.495. The average Bonchev–Trinajstić information content (AvgIpc) is 2.73. The van der Waals surface area contributed by atoms with Crippen LogP contribution in [0.15, 0.2) is 98.9 Å². The Morgan fingerprint density at radius 2 is 1.17 bits per heavy atom. The molecule has 0 saturated heterocycles. The molecule has 0 N–H and O–H groups in total. The molecule has 0 bridgehead atoms. The Morgan fingerprint density at radius 3 is 1.72 bits per heavy atom. The lowest BCUT2D eigenvalue weighted by Gasteiger charge is -2.00. The normalized spacial score (nSPS) is 12.8. The zero-order chi connectivity index (χ0) is 20.5. The summed E-state index contributed by atoms with van der Waals surface area (Å²) in [7, 11) is 0. The van der Waals surface area contributed by atoms with Crippen molar-refractivity contribution in [1.82, 2.24) is 0 Å². The Labute approximate surface area is 185 Å². The summed E-state index contributed by atoms with van der Waals surface area (Å²) in [5, 5.41) is 1.52. The van der Waals surface area contributed by atoms with Crippen molar-refractivity contribution < 1.29 is 0 Å². The van der Waals surface area contributed by atoms with Crippen molar-refractivity contribution in [2.45, 2.75) is 0 Å². The maximum atomic E-state index is 6.25. The molecular weight excluding hydrogens is 423 g/mol. The third-order valence-electron chi connectivity index (χ3n) is 3.80. The maximum Gasteiger partial charge on any atom is 0.0837 e. The molecule has 3 aromatic rings. The minimum atomic E-state index is 0.495. The summed E-state index contributed by atoms with van der Waals surface area (Å²) in [4.78, 5) is 8.77. The Bertz CT molecular complexity index is 1070. The van der Waals surface area contributed by atoms with Crippen molar-refractivity contribution in [3.63, 3.8) is 0 Å². The second kappa shape index (κ2) is 10.8. The lowest BCUT2D eigenvalue weighted by Crippen LogP contribution is -1.78. The molecule has 3 aromatic carbocycles. The fraction of sp³-hybridized carbons (Fsp3) is 0. The van der Waals surface area contributed by atoms with Crippen LogP contribution >= 0.6 is 34.8 Å². The Hall–Kier alpha value is -2.65. The van der Waals surface area contributed by atoms with Gasteiger partial charge in [0.1, 0.15) is 0 Å². The van der Waals surface area contributed by atoms with Gasteiger partial charge in [-0.15, -0.1) is 0 Å². The highest BCUT2D eigenvalue weighted by Crippen LogP contribution is 2.30. The molecule has 144 valence electrons. The Morgan fingerprint density at radius 1 is 0.655 bits per heavy atom. The van der Waals surface area contributed by atoms with E-state index >= 15 is 0 Å². The summed E-state index contributed by atoms with van der Waals surface area (Å²) >= 11 is 18.7. The summed E-state index contributed by atoms with van der Waals surface area (Å²) in [6.45, 7) is 0. The van der Waals surface area contributed by atoms with Gasteiger partial charge >= 0.3 is 0 Å². The van der Waals surface area contributed by atoms with E-state index in [4.69, 9.17) is 34.8 Å². The first kappa shape index (κ1) is 21.1. The molecule has 0 aromatic heterocycles. The molecule has 0 unspecified atom stereocenters. The number of hydrogen-bond donors (Lipinski definition) is 0. The van der Waals surface area contributed by atoms with Gasteiger partial charge in [-0.1, -0.05) is 95.5 Å². The number of rotatable bonds is 6. The van der Waals surface area contributed by atoms with Crippen LogP contribution in [0, 0.1) is 0 Å². The molecule has 0 fully saturated rings. The summed E-state index contributed by atoms with van der Waals surface area (Å²) in [5.74, 6) is 0. The fourth-order valence-electron chi connectivity index (χ4n) is 2.44. The van der Waals surface area contributed by atoms with E-state index in [0.29, 0.717) is 26.5 Å². The quantitative estimate of drug-likeness (QED) is 0.345. The van der Waals surface area contributed by atoms with Crippen molar-refractivity contribution in [3.8, 4) is 0 Å². The average molecular weight is 440 g/mol. The van der Waals surface area contributed by atoms with Gasteiger partial charge in [0.05, 0.1) is 26.5 Å². The van der Waals surface area contributed by atoms with Crippen LogP contribution in [0.2, 0.25) is 5.02 Å². The summed E-state index contributed by atoms with van der Waals surface area (Å²) in [6, 6.07) is 24.9. The first-order valence-electron chi connectivity index (χ1n) is 8.82. The van der Waals surface area contributed by atoms with Gasteiger partial charge in [-0.3, -0.25) is 9.98 Å². The number of aliphatic imine (C=N–C) groups is 2. The van der Waals surface area contributed by atoms with Crippen molar-refractivity contribution >= 4 is 70.8 Å². The molecule has 0 saturated carbocycles. The highest BCUT2D eigenvalue weighted by molar-refractivity contribution is 6.42. The largest absolute Gasteiger partial charge is 0.255 e. The SMILES string of the molecule is ClC(C=Nc1ccc(Cl)c(N=CC(Cl)=Cc2ccccc2)c1)=Cc1ccccc1. The van der Waals surface area contributed by atoms with E-state index in [9.17, 15) is 0 Å². The minimum Gasteiger partial charge on any atom is -0.255 e. The van der Waals surface area contributed by atoms with E-state index in [2.05, 4.69) is 9.98 Å². The Kier molecular flexibility index (Phi) is 7.83. The first-order valence-corrected chi connectivity index (χ1v) is 9.96. The third kappa shape index (κ3) is 7.03. The first-order chi connectivity index (χ1) is 14.1. The molecule has 29 heavy (non-hydrogen) atoms. The molecular formula is C24H17Cl3N2. The van der Waals surface area contributed by atoms with E-state index < -0.39 is 0 Å². The summed E-state index contributed by atoms with van der Waals surface area (Å²) < 4.78 is 0. The smallest absolute Gasteiger partial charge is 0.0837 e. The van der Waals surface area contributed by atoms with E-state index in [-0.39, 0.29) is 0 Å². The van der Waals surface area contributed by atoms with Gasteiger partial charge < -0.3 is 0 Å². The molecule has 0 aliphatic heterocycles. The lowest BCUT2D eigenvalue weighted by atomic mass is 10.2. The van der Waals surface area contributed by atoms with E-state index in [1.54, 1.807) is 30.6 Å². The summed E-state index contributed by atoms with van der Waals surface area (Å²) in [6.07, 6.45) is 6.82. The van der Waals surface area contributed by atoms with E-state index in [1.165, 1.54) is 0 Å². The second-order valence-corrected chi connectivity index (χ2v) is 7.31. The summed E-state index contributed by atoms with van der Waals surface area (Å²) in [5.41, 5.74) is 3.26. The molecule has 0 atom stereocenters. The predicted octanol–water partition coefficient (Wildman–Crippen LogP) is 8.30. The van der Waals surface area contributed by atoms with Gasteiger partial charge in [-0.2, -0.15) is 0 Å². The zero-order valence-electron chi connectivity index (χ0n) is 15.3. The van der Waals surface area contributed by atoms with Gasteiger partial charge in [0, 0.05) is 12.4 Å². The van der Waals surface area contributed by atoms with Gasteiger partial charge in [-0.25, -0.2) is 0 Å². The number of halogens is 3. The topological polar surface area (TPSA) is 24.7 Å². The van der Waals surface area contributed by atoms with Crippen molar-refractivity contribution in [2.24, 2.45) is 9.98 Å². The van der Waals surface area contributed by atoms with Crippen LogP contribution in [0.1, 0.15) is 11.1 Å². The van der Waals surface area contributed by atoms with Gasteiger partial charge in [0.2, 0.25) is 0 Å². The van der Waals surface area contributed by atoms with Crippen LogP contribution in [0.5, 0.6) is 0 Å². The standard InChI is InChI=1S/C24H17Cl3N2/c25-20(13-18-7-3-1-4-8-18)16-28-22-11-12-23(27)24(15-22)29-17-21(26)14-19-9-5-2-6-10-19/h1-17H.